The molecule has 0 aromatic carbocycles. The molecular formula is C15H22N2O. The molecular weight excluding hydrogens is 224 g/mol. The van der Waals surface area contributed by atoms with Crippen molar-refractivity contribution in [2.45, 2.75) is 45.4 Å². The molecule has 3 nitrogen and oxygen atoms in total. The monoisotopic (exact) mass is 246 g/mol. The van der Waals surface area contributed by atoms with Gasteiger partial charge in [0.1, 0.15) is 0 Å². The lowest BCUT2D eigenvalue weighted by molar-refractivity contribution is 0.121. The molecule has 1 heterocycles. The first kappa shape index (κ1) is 13.2. The molecule has 0 aliphatic heterocycles. The van der Waals surface area contributed by atoms with Crippen molar-refractivity contribution in [3.63, 3.8) is 0 Å². The molecule has 1 aliphatic carbocycles. The van der Waals surface area contributed by atoms with E-state index in [0.717, 1.165) is 36.9 Å². The zero-order valence-electron chi connectivity index (χ0n) is 11.1. The zero-order chi connectivity index (χ0) is 12.8. The van der Waals surface area contributed by atoms with E-state index < -0.39 is 0 Å². The number of rotatable bonds is 8. The normalized spacial score (nSPS) is 14.7. The molecule has 0 radical (unpaired) electrons. The molecule has 18 heavy (non-hydrogen) atoms. The Bertz CT molecular complexity index is 382. The van der Waals surface area contributed by atoms with Crippen molar-refractivity contribution in [2.24, 2.45) is 0 Å². The average Bonchev–Trinajstić information content (AvgIpc) is 3.17. The highest BCUT2D eigenvalue weighted by Gasteiger charge is 2.19. The van der Waals surface area contributed by atoms with Gasteiger partial charge in [-0.15, -0.1) is 6.58 Å². The summed E-state index contributed by atoms with van der Waals surface area (Å²) in [5.74, 6) is 0. The molecule has 0 amide bonds. The van der Waals surface area contributed by atoms with Crippen LogP contribution in [-0.4, -0.2) is 17.6 Å². The summed E-state index contributed by atoms with van der Waals surface area (Å²) in [4.78, 5) is 4.41. The molecule has 0 saturated heterocycles. The summed E-state index contributed by atoms with van der Waals surface area (Å²) in [7, 11) is 0. The zero-order valence-corrected chi connectivity index (χ0v) is 11.1. The van der Waals surface area contributed by atoms with E-state index in [1.165, 1.54) is 18.4 Å². The first-order valence-corrected chi connectivity index (χ1v) is 6.63. The van der Waals surface area contributed by atoms with E-state index in [2.05, 4.69) is 22.9 Å². The van der Waals surface area contributed by atoms with Crippen LogP contribution in [0.4, 0.5) is 0 Å². The predicted octanol–water partition coefficient (Wildman–Crippen LogP) is 2.82. The van der Waals surface area contributed by atoms with Crippen LogP contribution in [0.5, 0.6) is 0 Å². The fourth-order valence-corrected chi connectivity index (χ4v) is 1.62. The number of ether oxygens (including phenoxy) is 1. The van der Waals surface area contributed by atoms with Crippen LogP contribution in [0.3, 0.4) is 0 Å². The second-order valence-electron chi connectivity index (χ2n) is 5.07. The van der Waals surface area contributed by atoms with Crippen molar-refractivity contribution in [1.29, 1.82) is 0 Å². The number of nitrogens with zero attached hydrogens (tertiary/aromatic N) is 1. The molecule has 1 N–H and O–H groups in total. The quantitative estimate of drug-likeness (QED) is 0.566. The van der Waals surface area contributed by atoms with Crippen LogP contribution in [0.25, 0.3) is 0 Å². The van der Waals surface area contributed by atoms with Gasteiger partial charge in [0.15, 0.2) is 0 Å². The van der Waals surface area contributed by atoms with E-state index >= 15 is 0 Å². The maximum Gasteiger partial charge on any atom is 0.0887 e. The summed E-state index contributed by atoms with van der Waals surface area (Å²) in [5, 5.41) is 3.48. The van der Waals surface area contributed by atoms with Crippen LogP contribution < -0.4 is 5.32 Å². The van der Waals surface area contributed by atoms with Crippen molar-refractivity contribution in [3.05, 3.63) is 41.7 Å². The number of pyridine rings is 1. The number of nitrogens with one attached hydrogen (secondary N) is 1. The van der Waals surface area contributed by atoms with Crippen LogP contribution >= 0.6 is 0 Å². The summed E-state index contributed by atoms with van der Waals surface area (Å²) in [5.41, 5.74) is 3.39. The molecule has 0 spiro atoms. The highest BCUT2D eigenvalue weighted by atomic mass is 16.5. The van der Waals surface area contributed by atoms with Gasteiger partial charge in [0.25, 0.3) is 0 Å². The van der Waals surface area contributed by atoms with Gasteiger partial charge in [-0.1, -0.05) is 11.6 Å². The second kappa shape index (κ2) is 6.66. The Balaban J connectivity index is 1.67. The minimum absolute atomic E-state index is 0.587. The van der Waals surface area contributed by atoms with Crippen molar-refractivity contribution < 1.29 is 4.74 Å². The molecule has 0 atom stereocenters. The van der Waals surface area contributed by atoms with Crippen LogP contribution in [0.1, 0.15) is 37.4 Å². The maximum atomic E-state index is 5.54. The maximum absolute atomic E-state index is 5.54. The standard InChI is InChI=1S/C15H22N2O/c1-12(2)7-8-18-11-15-4-3-13(10-17-15)9-16-14-5-6-14/h3-4,10,14,16H,1,5-9,11H2,2H3. The third-order valence-electron chi connectivity index (χ3n) is 2.98. The van der Waals surface area contributed by atoms with Gasteiger partial charge in [-0.05, 0) is 37.8 Å². The largest absolute Gasteiger partial charge is 0.375 e. The van der Waals surface area contributed by atoms with Gasteiger partial charge in [-0.2, -0.15) is 0 Å². The smallest absolute Gasteiger partial charge is 0.0887 e. The Labute approximate surface area is 109 Å². The molecule has 2 rings (SSSR count). The van der Waals surface area contributed by atoms with Crippen molar-refractivity contribution in [2.75, 3.05) is 6.61 Å². The molecule has 1 aromatic rings. The lowest BCUT2D eigenvalue weighted by Gasteiger charge is -2.06. The first-order chi connectivity index (χ1) is 8.74. The fraction of sp³-hybridized carbons (Fsp3) is 0.533. The second-order valence-corrected chi connectivity index (χ2v) is 5.07. The molecule has 1 saturated carbocycles. The van der Waals surface area contributed by atoms with Crippen LogP contribution in [0, 0.1) is 0 Å². The molecule has 98 valence electrons. The predicted molar refractivity (Wildman–Crippen MR) is 73.2 cm³/mol. The van der Waals surface area contributed by atoms with E-state index in [4.69, 9.17) is 4.74 Å². The minimum atomic E-state index is 0.587. The van der Waals surface area contributed by atoms with E-state index in [1.54, 1.807) is 0 Å². The van der Waals surface area contributed by atoms with Crippen LogP contribution in [0.15, 0.2) is 30.5 Å². The minimum Gasteiger partial charge on any atom is -0.375 e. The SMILES string of the molecule is C=C(C)CCOCc1ccc(CNC2CC2)cn1. The van der Waals surface area contributed by atoms with Gasteiger partial charge in [-0.25, -0.2) is 0 Å². The van der Waals surface area contributed by atoms with Crippen LogP contribution in [-0.2, 0) is 17.9 Å². The van der Waals surface area contributed by atoms with Gasteiger partial charge in [0.2, 0.25) is 0 Å². The van der Waals surface area contributed by atoms with E-state index in [-0.39, 0.29) is 0 Å². The van der Waals surface area contributed by atoms with E-state index in [0.29, 0.717) is 6.61 Å². The fourth-order valence-electron chi connectivity index (χ4n) is 1.62. The highest BCUT2D eigenvalue weighted by Crippen LogP contribution is 2.19. The molecule has 1 aliphatic rings. The lowest BCUT2D eigenvalue weighted by Crippen LogP contribution is -2.15. The van der Waals surface area contributed by atoms with Crippen LogP contribution in [0.2, 0.25) is 0 Å². The topological polar surface area (TPSA) is 34.1 Å². The van der Waals surface area contributed by atoms with E-state index in [9.17, 15) is 0 Å². The molecule has 0 unspecified atom stereocenters. The average molecular weight is 246 g/mol. The molecule has 1 aromatic heterocycles. The van der Waals surface area contributed by atoms with Gasteiger partial charge >= 0.3 is 0 Å². The Morgan fingerprint density at radius 3 is 2.94 bits per heavy atom. The Kier molecular flexibility index (Phi) is 4.90. The third-order valence-corrected chi connectivity index (χ3v) is 2.98. The van der Waals surface area contributed by atoms with Gasteiger partial charge in [0, 0.05) is 18.8 Å². The molecule has 3 heteroatoms. The Hall–Kier alpha value is -1.19. The van der Waals surface area contributed by atoms with Crippen molar-refractivity contribution in [1.82, 2.24) is 10.3 Å². The number of hydrogen-bond donors (Lipinski definition) is 1. The van der Waals surface area contributed by atoms with Crippen molar-refractivity contribution >= 4 is 0 Å². The van der Waals surface area contributed by atoms with Gasteiger partial charge in [-0.3, -0.25) is 4.98 Å². The number of aromatic nitrogens is 1. The summed E-state index contributed by atoms with van der Waals surface area (Å²) in [6.45, 7) is 8.10. The van der Waals surface area contributed by atoms with E-state index in [1.807, 2.05) is 19.2 Å². The highest BCUT2D eigenvalue weighted by molar-refractivity contribution is 5.13. The molecule has 0 bridgehead atoms. The Morgan fingerprint density at radius 1 is 1.50 bits per heavy atom. The Morgan fingerprint density at radius 2 is 2.33 bits per heavy atom. The summed E-state index contributed by atoms with van der Waals surface area (Å²) in [6.07, 6.45) is 5.50. The summed E-state index contributed by atoms with van der Waals surface area (Å²) >= 11 is 0. The molecule has 1 fully saturated rings. The third kappa shape index (κ3) is 4.98. The van der Waals surface area contributed by atoms with Gasteiger partial charge < -0.3 is 10.1 Å². The van der Waals surface area contributed by atoms with Gasteiger partial charge in [0.05, 0.1) is 18.9 Å². The van der Waals surface area contributed by atoms with Crippen molar-refractivity contribution in [3.8, 4) is 0 Å². The summed E-state index contributed by atoms with van der Waals surface area (Å²) in [6, 6.07) is 4.92. The lowest BCUT2D eigenvalue weighted by atomic mass is 10.2. The summed E-state index contributed by atoms with van der Waals surface area (Å²) < 4.78 is 5.54. The first-order valence-electron chi connectivity index (χ1n) is 6.63. The number of hydrogen-bond acceptors (Lipinski definition) is 3.